The molecule has 0 spiro atoms. The van der Waals surface area contributed by atoms with E-state index in [4.69, 9.17) is 0 Å². The summed E-state index contributed by atoms with van der Waals surface area (Å²) in [5.74, 6) is -1.80. The predicted molar refractivity (Wildman–Crippen MR) is 145 cm³/mol. The average molecular weight is 518 g/mol. The molecular weight excluding hydrogens is 488 g/mol. The van der Waals surface area contributed by atoms with E-state index in [2.05, 4.69) is 28.2 Å². The summed E-state index contributed by atoms with van der Waals surface area (Å²) in [5.41, 5.74) is 3.69. The molecule has 4 aromatic rings. The highest BCUT2D eigenvalue weighted by molar-refractivity contribution is 5.94. The van der Waals surface area contributed by atoms with E-state index in [1.165, 1.54) is 6.92 Å². The molecule has 0 aliphatic carbocycles. The van der Waals surface area contributed by atoms with Crippen molar-refractivity contribution in [2.75, 3.05) is 25.5 Å². The third-order valence-corrected chi connectivity index (χ3v) is 7.40. The summed E-state index contributed by atoms with van der Waals surface area (Å²) in [7, 11) is 3.72. The number of aryl methyl sites for hydroxylation is 1. The molecule has 0 bridgehead atoms. The maximum Gasteiger partial charge on any atom is 0.257 e. The maximum absolute atomic E-state index is 14.7. The molecule has 1 atom stereocenters. The van der Waals surface area contributed by atoms with E-state index in [-0.39, 0.29) is 28.5 Å². The number of rotatable bonds is 6. The quantitative estimate of drug-likeness (QED) is 0.361. The Kier molecular flexibility index (Phi) is 6.71. The van der Waals surface area contributed by atoms with Crippen molar-refractivity contribution in [3.05, 3.63) is 93.7 Å². The Labute approximate surface area is 219 Å². The van der Waals surface area contributed by atoms with Crippen LogP contribution in [-0.2, 0) is 7.05 Å². The molecule has 5 rings (SSSR count). The molecule has 1 aliphatic rings. The number of fused-ring (bicyclic) bond motifs is 1. The molecule has 1 aromatic carbocycles. The molecule has 3 aromatic heterocycles. The largest absolute Gasteiger partial charge is 0.388 e. The lowest BCUT2D eigenvalue weighted by Crippen LogP contribution is -2.32. The van der Waals surface area contributed by atoms with Gasteiger partial charge in [-0.1, -0.05) is 6.08 Å². The summed E-state index contributed by atoms with van der Waals surface area (Å²) in [6, 6.07) is 9.47. The summed E-state index contributed by atoms with van der Waals surface area (Å²) in [6.07, 6.45) is 5.76. The summed E-state index contributed by atoms with van der Waals surface area (Å²) in [4.78, 5) is 31.1. The van der Waals surface area contributed by atoms with Gasteiger partial charge in [0, 0.05) is 79.6 Å². The molecule has 4 heterocycles. The van der Waals surface area contributed by atoms with Gasteiger partial charge in [0.05, 0.1) is 5.69 Å². The number of hydrogen-bond acceptors (Lipinski definition) is 5. The number of hydrogen-bond donors (Lipinski definition) is 1. The molecule has 1 N–H and O–H groups in total. The number of Topliss-reactive ketones (excluding diaryl/α,β-unsaturated/α-hetero) is 1. The number of aromatic nitrogens is 3. The molecule has 38 heavy (non-hydrogen) atoms. The van der Waals surface area contributed by atoms with Gasteiger partial charge in [-0.05, 0) is 56.2 Å². The van der Waals surface area contributed by atoms with E-state index >= 15 is 0 Å². The number of pyridine rings is 2. The van der Waals surface area contributed by atoms with Crippen molar-refractivity contribution in [3.63, 3.8) is 0 Å². The Morgan fingerprint density at radius 3 is 2.47 bits per heavy atom. The fourth-order valence-electron chi connectivity index (χ4n) is 5.20. The number of benzene rings is 1. The topological polar surface area (TPSA) is 72.2 Å². The van der Waals surface area contributed by atoms with E-state index in [0.29, 0.717) is 25.1 Å². The van der Waals surface area contributed by atoms with E-state index in [0.717, 1.165) is 40.2 Å². The van der Waals surface area contributed by atoms with Gasteiger partial charge in [-0.15, -0.1) is 0 Å². The Morgan fingerprint density at radius 2 is 1.87 bits per heavy atom. The van der Waals surface area contributed by atoms with Crippen LogP contribution in [-0.4, -0.2) is 44.9 Å². The van der Waals surface area contributed by atoms with Gasteiger partial charge in [-0.3, -0.25) is 19.1 Å². The van der Waals surface area contributed by atoms with Crippen molar-refractivity contribution in [1.82, 2.24) is 19.0 Å². The van der Waals surface area contributed by atoms with Crippen LogP contribution < -0.4 is 10.9 Å². The van der Waals surface area contributed by atoms with Gasteiger partial charge in [0.1, 0.15) is 17.3 Å². The van der Waals surface area contributed by atoms with Crippen LogP contribution in [0.1, 0.15) is 47.9 Å². The van der Waals surface area contributed by atoms with Gasteiger partial charge in [0.2, 0.25) is 0 Å². The smallest absolute Gasteiger partial charge is 0.257 e. The summed E-state index contributed by atoms with van der Waals surface area (Å²) in [5, 5.41) is 3.84. The van der Waals surface area contributed by atoms with Crippen molar-refractivity contribution in [2.45, 2.75) is 26.3 Å². The second-order valence-electron chi connectivity index (χ2n) is 9.59. The Balaban J connectivity index is 1.45. The van der Waals surface area contributed by atoms with Crippen molar-refractivity contribution >= 4 is 28.1 Å². The highest BCUT2D eigenvalue weighted by atomic mass is 19.1. The Morgan fingerprint density at radius 1 is 1.13 bits per heavy atom. The average Bonchev–Trinajstić information content (AvgIpc) is 3.24. The fraction of sp³-hybridized carbons (Fsp3) is 0.276. The molecule has 7 nitrogen and oxygen atoms in total. The molecule has 1 aliphatic heterocycles. The molecule has 0 saturated carbocycles. The van der Waals surface area contributed by atoms with Gasteiger partial charge >= 0.3 is 0 Å². The monoisotopic (exact) mass is 517 g/mol. The highest BCUT2D eigenvalue weighted by Crippen LogP contribution is 2.33. The van der Waals surface area contributed by atoms with Gasteiger partial charge in [0.25, 0.3) is 5.56 Å². The standard InChI is InChI=1S/C29H29F2N5O2/c1-17(35-10-6-19(7-11-35)28-23(30)13-20(18(2)37)14-24(28)31)26-16-22-25(5-9-33-29(22)34(26)4)36-12-8-21(32-3)15-27(36)38/h5-6,8-9,12-17,32H,7,10-11H2,1-4H3. The first-order chi connectivity index (χ1) is 18.2. The van der Waals surface area contributed by atoms with Gasteiger partial charge < -0.3 is 9.88 Å². The van der Waals surface area contributed by atoms with E-state index < -0.39 is 11.6 Å². The van der Waals surface area contributed by atoms with Crippen LogP contribution in [0.25, 0.3) is 22.3 Å². The van der Waals surface area contributed by atoms with Gasteiger partial charge in [0.15, 0.2) is 5.78 Å². The van der Waals surface area contributed by atoms with Crippen molar-refractivity contribution in [1.29, 1.82) is 0 Å². The summed E-state index contributed by atoms with van der Waals surface area (Å²) >= 11 is 0. The number of carbonyl (C=O) groups is 1. The molecular formula is C29H29F2N5O2. The molecule has 196 valence electrons. The van der Waals surface area contributed by atoms with Crippen LogP contribution in [0.4, 0.5) is 14.5 Å². The van der Waals surface area contributed by atoms with Crippen LogP contribution >= 0.6 is 0 Å². The minimum absolute atomic E-state index is 0.0157. The first kappa shape index (κ1) is 25.5. The summed E-state index contributed by atoms with van der Waals surface area (Å²) in [6.45, 7) is 4.49. The van der Waals surface area contributed by atoms with E-state index in [1.807, 2.05) is 29.8 Å². The number of carbonyl (C=O) groups excluding carboxylic acids is 1. The lowest BCUT2D eigenvalue weighted by molar-refractivity contribution is 0.101. The molecule has 0 saturated heterocycles. The summed E-state index contributed by atoms with van der Waals surface area (Å²) < 4.78 is 33.1. The van der Waals surface area contributed by atoms with Crippen molar-refractivity contribution in [2.24, 2.45) is 7.05 Å². The Bertz CT molecular complexity index is 1630. The van der Waals surface area contributed by atoms with Crippen LogP contribution in [0.15, 0.2) is 59.7 Å². The van der Waals surface area contributed by atoms with E-state index in [1.54, 1.807) is 30.1 Å². The van der Waals surface area contributed by atoms with E-state index in [9.17, 15) is 18.4 Å². The molecule has 9 heteroatoms. The van der Waals surface area contributed by atoms with Crippen molar-refractivity contribution in [3.8, 4) is 5.69 Å². The number of nitrogens with zero attached hydrogens (tertiary/aromatic N) is 4. The molecule has 1 unspecified atom stereocenters. The van der Waals surface area contributed by atoms with Crippen LogP contribution in [0, 0.1) is 11.6 Å². The van der Waals surface area contributed by atoms with Crippen molar-refractivity contribution < 1.29 is 13.6 Å². The molecule has 0 fully saturated rings. The first-order valence-corrected chi connectivity index (χ1v) is 12.5. The first-order valence-electron chi connectivity index (χ1n) is 12.5. The zero-order valence-electron chi connectivity index (χ0n) is 21.8. The maximum atomic E-state index is 14.7. The SMILES string of the molecule is CNc1ccn(-c2ccnc3c2cc(C(C)N2CC=C(c4c(F)cc(C(C)=O)cc4F)CC2)n3C)c(=O)c1. The number of anilines is 1. The molecule has 0 amide bonds. The normalized spacial score (nSPS) is 14.9. The highest BCUT2D eigenvalue weighted by Gasteiger charge is 2.25. The lowest BCUT2D eigenvalue weighted by atomic mass is 9.95. The Hall–Kier alpha value is -4.11. The zero-order chi connectivity index (χ0) is 27.1. The molecule has 0 radical (unpaired) electrons. The zero-order valence-corrected chi connectivity index (χ0v) is 21.8. The second-order valence-corrected chi connectivity index (χ2v) is 9.59. The van der Waals surface area contributed by atoms with Crippen LogP contribution in [0.2, 0.25) is 0 Å². The van der Waals surface area contributed by atoms with Gasteiger partial charge in [-0.25, -0.2) is 13.8 Å². The van der Waals surface area contributed by atoms with Crippen LogP contribution in [0.5, 0.6) is 0 Å². The minimum atomic E-state index is -0.715. The third-order valence-electron chi connectivity index (χ3n) is 7.40. The number of halogens is 2. The van der Waals surface area contributed by atoms with Crippen LogP contribution in [0.3, 0.4) is 0 Å². The third kappa shape index (κ3) is 4.43. The minimum Gasteiger partial charge on any atom is -0.388 e. The number of ketones is 1. The predicted octanol–water partition coefficient (Wildman–Crippen LogP) is 5.10. The lowest BCUT2D eigenvalue weighted by Gasteiger charge is -2.32. The fourth-order valence-corrected chi connectivity index (χ4v) is 5.20. The number of nitrogens with one attached hydrogen (secondary N) is 1. The van der Waals surface area contributed by atoms with Gasteiger partial charge in [-0.2, -0.15) is 0 Å². The second kappa shape index (κ2) is 9.98.